The van der Waals surface area contributed by atoms with Crippen LogP contribution in [-0.2, 0) is 6.54 Å². The van der Waals surface area contributed by atoms with E-state index < -0.39 is 0 Å². The molecule has 2 rings (SSSR count). The molecule has 19 heavy (non-hydrogen) atoms. The van der Waals surface area contributed by atoms with Crippen molar-refractivity contribution in [2.45, 2.75) is 53.1 Å². The molecule has 0 amide bonds. The molecule has 0 aromatic carbocycles. The van der Waals surface area contributed by atoms with E-state index in [9.17, 15) is 0 Å². The van der Waals surface area contributed by atoms with Crippen molar-refractivity contribution in [1.29, 1.82) is 0 Å². The molecule has 3 heteroatoms. The van der Waals surface area contributed by atoms with Gasteiger partial charge in [0.05, 0.1) is 0 Å². The summed E-state index contributed by atoms with van der Waals surface area (Å²) in [7, 11) is 2.18. The van der Waals surface area contributed by atoms with E-state index in [-0.39, 0.29) is 0 Å². The number of hydrogen-bond acceptors (Lipinski definition) is 3. The fourth-order valence-electron chi connectivity index (χ4n) is 2.46. The lowest BCUT2D eigenvalue weighted by Gasteiger charge is -2.24. The Hall–Kier alpha value is -1.09. The zero-order valence-electron chi connectivity index (χ0n) is 13.0. The highest BCUT2D eigenvalue weighted by Gasteiger charge is 2.24. The summed E-state index contributed by atoms with van der Waals surface area (Å²) in [6, 6.07) is 2.69. The fraction of sp³-hybridized carbons (Fsp3) is 0.688. The van der Waals surface area contributed by atoms with Crippen LogP contribution in [0.3, 0.4) is 0 Å². The van der Waals surface area contributed by atoms with E-state index >= 15 is 0 Å². The molecule has 0 bridgehead atoms. The van der Waals surface area contributed by atoms with Gasteiger partial charge in [0.2, 0.25) is 0 Å². The van der Waals surface area contributed by atoms with Crippen LogP contribution in [-0.4, -0.2) is 24.6 Å². The quantitative estimate of drug-likeness (QED) is 0.853. The third kappa shape index (κ3) is 3.93. The van der Waals surface area contributed by atoms with Gasteiger partial charge in [0.1, 0.15) is 5.82 Å². The molecule has 1 aromatic rings. The maximum Gasteiger partial charge on any atom is 0.133 e. The molecule has 1 aliphatic rings. The second-order valence-electron chi connectivity index (χ2n) is 6.24. The van der Waals surface area contributed by atoms with Crippen molar-refractivity contribution in [3.63, 3.8) is 0 Å². The Morgan fingerprint density at radius 2 is 2.05 bits per heavy atom. The summed E-state index contributed by atoms with van der Waals surface area (Å²) in [5, 5.41) is 3.52. The van der Waals surface area contributed by atoms with Gasteiger partial charge >= 0.3 is 0 Å². The lowest BCUT2D eigenvalue weighted by Crippen LogP contribution is -2.27. The SMILES string of the molecule is Cc1cc(C)c(CNC(C)C)c(N(C)CC2CC2)n1. The topological polar surface area (TPSA) is 28.2 Å². The molecule has 0 saturated heterocycles. The molecule has 0 spiro atoms. The normalized spacial score (nSPS) is 15.1. The molecule has 0 radical (unpaired) electrons. The molecular formula is C16H27N3. The minimum Gasteiger partial charge on any atom is -0.359 e. The largest absolute Gasteiger partial charge is 0.359 e. The summed E-state index contributed by atoms with van der Waals surface area (Å²) in [6.45, 7) is 10.7. The molecule has 1 aliphatic carbocycles. The van der Waals surface area contributed by atoms with Gasteiger partial charge in [0, 0.05) is 37.4 Å². The maximum atomic E-state index is 4.78. The van der Waals surface area contributed by atoms with E-state index in [2.05, 4.69) is 51.0 Å². The second kappa shape index (κ2) is 5.91. The molecule has 106 valence electrons. The lowest BCUT2D eigenvalue weighted by molar-refractivity contribution is 0.585. The van der Waals surface area contributed by atoms with E-state index in [0.29, 0.717) is 6.04 Å². The average molecular weight is 261 g/mol. The predicted octanol–water partition coefficient (Wildman–Crippen LogP) is 3.04. The van der Waals surface area contributed by atoms with Gasteiger partial charge in [-0.1, -0.05) is 13.8 Å². The summed E-state index contributed by atoms with van der Waals surface area (Å²) in [4.78, 5) is 7.12. The van der Waals surface area contributed by atoms with E-state index in [4.69, 9.17) is 4.98 Å². The number of aromatic nitrogens is 1. The third-order valence-corrected chi connectivity index (χ3v) is 3.73. The number of hydrogen-bond donors (Lipinski definition) is 1. The van der Waals surface area contributed by atoms with Crippen LogP contribution < -0.4 is 10.2 Å². The van der Waals surface area contributed by atoms with Crippen LogP contribution in [0.1, 0.15) is 43.5 Å². The Kier molecular flexibility index (Phi) is 4.46. The third-order valence-electron chi connectivity index (χ3n) is 3.73. The Balaban J connectivity index is 2.21. The summed E-state index contributed by atoms with van der Waals surface area (Å²) >= 11 is 0. The summed E-state index contributed by atoms with van der Waals surface area (Å²) in [5.74, 6) is 2.05. The highest BCUT2D eigenvalue weighted by molar-refractivity contribution is 5.51. The molecule has 1 fully saturated rings. The Morgan fingerprint density at radius 3 is 2.63 bits per heavy atom. The highest BCUT2D eigenvalue weighted by Crippen LogP contribution is 2.31. The standard InChI is InChI=1S/C16H27N3/c1-11(2)17-9-15-12(3)8-13(4)18-16(15)19(5)10-14-6-7-14/h8,11,14,17H,6-7,9-10H2,1-5H3. The van der Waals surface area contributed by atoms with Crippen LogP contribution in [0.15, 0.2) is 6.07 Å². The minimum atomic E-state index is 0.502. The van der Waals surface area contributed by atoms with Gasteiger partial charge in [-0.3, -0.25) is 0 Å². The number of anilines is 1. The van der Waals surface area contributed by atoms with Gasteiger partial charge in [0.15, 0.2) is 0 Å². The van der Waals surface area contributed by atoms with E-state index in [1.165, 1.54) is 24.0 Å². The van der Waals surface area contributed by atoms with Gasteiger partial charge in [-0.05, 0) is 44.2 Å². The predicted molar refractivity (Wildman–Crippen MR) is 81.7 cm³/mol. The van der Waals surface area contributed by atoms with Gasteiger partial charge in [0.25, 0.3) is 0 Å². The average Bonchev–Trinajstić information content (AvgIpc) is 3.10. The number of pyridine rings is 1. The minimum absolute atomic E-state index is 0.502. The maximum absolute atomic E-state index is 4.78. The summed E-state index contributed by atoms with van der Waals surface area (Å²) in [6.07, 6.45) is 2.77. The number of nitrogens with zero attached hydrogens (tertiary/aromatic N) is 2. The molecule has 1 N–H and O–H groups in total. The molecule has 0 unspecified atom stereocenters. The first-order valence-electron chi connectivity index (χ1n) is 7.39. The van der Waals surface area contributed by atoms with Crippen LogP contribution in [0.4, 0.5) is 5.82 Å². The molecule has 0 atom stereocenters. The van der Waals surface area contributed by atoms with Crippen molar-refractivity contribution in [2.75, 3.05) is 18.5 Å². The van der Waals surface area contributed by atoms with Crippen LogP contribution >= 0.6 is 0 Å². The van der Waals surface area contributed by atoms with Crippen LogP contribution in [0.2, 0.25) is 0 Å². The van der Waals surface area contributed by atoms with Gasteiger partial charge in [-0.25, -0.2) is 4.98 Å². The molecular weight excluding hydrogens is 234 g/mol. The first-order valence-corrected chi connectivity index (χ1v) is 7.39. The first-order chi connectivity index (χ1) is 8.97. The molecule has 1 heterocycles. The number of aryl methyl sites for hydroxylation is 2. The monoisotopic (exact) mass is 261 g/mol. The van der Waals surface area contributed by atoms with E-state index in [0.717, 1.165) is 30.5 Å². The van der Waals surface area contributed by atoms with Crippen LogP contribution in [0, 0.1) is 19.8 Å². The van der Waals surface area contributed by atoms with Crippen molar-refractivity contribution >= 4 is 5.82 Å². The summed E-state index contributed by atoms with van der Waals surface area (Å²) in [5.41, 5.74) is 3.81. The summed E-state index contributed by atoms with van der Waals surface area (Å²) < 4.78 is 0. The zero-order valence-corrected chi connectivity index (χ0v) is 13.0. The van der Waals surface area contributed by atoms with Gasteiger partial charge in [-0.2, -0.15) is 0 Å². The van der Waals surface area contributed by atoms with Crippen molar-refractivity contribution in [3.8, 4) is 0 Å². The van der Waals surface area contributed by atoms with Gasteiger partial charge < -0.3 is 10.2 Å². The van der Waals surface area contributed by atoms with E-state index in [1.54, 1.807) is 0 Å². The lowest BCUT2D eigenvalue weighted by atomic mass is 10.1. The Bertz CT molecular complexity index is 436. The smallest absolute Gasteiger partial charge is 0.133 e. The molecule has 1 aromatic heterocycles. The zero-order chi connectivity index (χ0) is 14.0. The fourth-order valence-corrected chi connectivity index (χ4v) is 2.46. The van der Waals surface area contributed by atoms with Crippen molar-refractivity contribution in [1.82, 2.24) is 10.3 Å². The van der Waals surface area contributed by atoms with Crippen LogP contribution in [0.25, 0.3) is 0 Å². The van der Waals surface area contributed by atoms with Crippen molar-refractivity contribution in [2.24, 2.45) is 5.92 Å². The molecule has 3 nitrogen and oxygen atoms in total. The number of rotatable bonds is 6. The molecule has 1 saturated carbocycles. The van der Waals surface area contributed by atoms with Crippen molar-refractivity contribution in [3.05, 3.63) is 22.9 Å². The second-order valence-corrected chi connectivity index (χ2v) is 6.24. The Morgan fingerprint density at radius 1 is 1.37 bits per heavy atom. The Labute approximate surface area is 117 Å². The van der Waals surface area contributed by atoms with Gasteiger partial charge in [-0.15, -0.1) is 0 Å². The molecule has 0 aliphatic heterocycles. The number of nitrogens with one attached hydrogen (secondary N) is 1. The highest BCUT2D eigenvalue weighted by atomic mass is 15.2. The van der Waals surface area contributed by atoms with E-state index in [1.807, 2.05) is 0 Å². The first kappa shape index (κ1) is 14.3. The van der Waals surface area contributed by atoms with Crippen molar-refractivity contribution < 1.29 is 0 Å². The van der Waals surface area contributed by atoms with Crippen LogP contribution in [0.5, 0.6) is 0 Å².